The molecule has 0 N–H and O–H groups in total. The lowest BCUT2D eigenvalue weighted by Gasteiger charge is -2.11. The minimum absolute atomic E-state index is 0.755. The number of benzene rings is 7. The van der Waals surface area contributed by atoms with Gasteiger partial charge in [-0.1, -0.05) is 127 Å². The molecule has 1 aromatic heterocycles. The van der Waals surface area contributed by atoms with Crippen LogP contribution in [0.3, 0.4) is 0 Å². The van der Waals surface area contributed by atoms with Gasteiger partial charge in [0.2, 0.25) is 0 Å². The summed E-state index contributed by atoms with van der Waals surface area (Å²) in [5, 5.41) is 7.21. The van der Waals surface area contributed by atoms with E-state index in [-0.39, 0.29) is 0 Å². The highest BCUT2D eigenvalue weighted by molar-refractivity contribution is 6.28. The molecule has 2 heteroatoms. The van der Waals surface area contributed by atoms with Crippen molar-refractivity contribution in [3.63, 3.8) is 0 Å². The molecule has 8 aromatic rings. The molecule has 2 nitrogen and oxygen atoms in total. The van der Waals surface area contributed by atoms with Crippen LogP contribution in [-0.4, -0.2) is 5.71 Å². The molecule has 7 aromatic carbocycles. The SMILES string of the molecule is Cc1ccccc1N=C(Cc1ccccc1)c1ccc(-c2cc3ccccc3c3c2oc2ccc4ccccc4c23)cc1. The molecule has 204 valence electrons. The van der Waals surface area contributed by atoms with Crippen molar-refractivity contribution < 1.29 is 4.42 Å². The number of rotatable bonds is 5. The Morgan fingerprint density at radius 1 is 0.605 bits per heavy atom. The lowest BCUT2D eigenvalue weighted by Crippen LogP contribution is -2.05. The molecule has 0 aliphatic carbocycles. The van der Waals surface area contributed by atoms with Gasteiger partial charge in [0.25, 0.3) is 0 Å². The van der Waals surface area contributed by atoms with E-state index < -0.39 is 0 Å². The van der Waals surface area contributed by atoms with Gasteiger partial charge in [-0.15, -0.1) is 0 Å². The second-order valence-electron chi connectivity index (χ2n) is 11.2. The number of hydrogen-bond acceptors (Lipinski definition) is 2. The van der Waals surface area contributed by atoms with Crippen molar-refractivity contribution in [1.29, 1.82) is 0 Å². The number of furan rings is 1. The minimum atomic E-state index is 0.755. The Labute approximate surface area is 250 Å². The standard InChI is InChI=1S/C41H29NO/c1-27-11-5-10-18-36(27)42-37(25-28-12-3-2-4-13-28)31-21-19-30(20-22-31)35-26-32-15-7-9-17-34(32)40-39-33-16-8-6-14-29(33)23-24-38(39)43-41(35)40/h2-24,26H,25H2,1H3. The van der Waals surface area contributed by atoms with E-state index in [1.807, 2.05) is 0 Å². The Kier molecular flexibility index (Phi) is 6.12. The molecule has 0 atom stereocenters. The molecule has 0 spiro atoms. The zero-order chi connectivity index (χ0) is 28.8. The predicted octanol–water partition coefficient (Wildman–Crippen LogP) is 11.2. The van der Waals surface area contributed by atoms with Crippen LogP contribution in [0.4, 0.5) is 5.69 Å². The van der Waals surface area contributed by atoms with Gasteiger partial charge in [-0.25, -0.2) is 0 Å². The van der Waals surface area contributed by atoms with Crippen LogP contribution in [0, 0.1) is 6.92 Å². The van der Waals surface area contributed by atoms with Crippen LogP contribution in [0.1, 0.15) is 16.7 Å². The van der Waals surface area contributed by atoms with Crippen molar-refractivity contribution >= 4 is 54.9 Å². The maximum Gasteiger partial charge on any atom is 0.143 e. The van der Waals surface area contributed by atoms with Crippen molar-refractivity contribution in [3.8, 4) is 11.1 Å². The third-order valence-corrected chi connectivity index (χ3v) is 8.47. The van der Waals surface area contributed by atoms with E-state index in [9.17, 15) is 0 Å². The Bertz CT molecular complexity index is 2310. The highest BCUT2D eigenvalue weighted by Crippen LogP contribution is 2.43. The normalized spacial score (nSPS) is 12.1. The molecule has 43 heavy (non-hydrogen) atoms. The van der Waals surface area contributed by atoms with Gasteiger partial charge < -0.3 is 4.42 Å². The Morgan fingerprint density at radius 2 is 1.28 bits per heavy atom. The van der Waals surface area contributed by atoms with Crippen molar-refractivity contribution in [1.82, 2.24) is 0 Å². The third-order valence-electron chi connectivity index (χ3n) is 8.47. The summed E-state index contributed by atoms with van der Waals surface area (Å²) < 4.78 is 6.68. The van der Waals surface area contributed by atoms with E-state index in [1.165, 1.54) is 43.4 Å². The van der Waals surface area contributed by atoms with Crippen LogP contribution in [0.25, 0.3) is 54.6 Å². The second-order valence-corrected chi connectivity index (χ2v) is 11.2. The summed E-state index contributed by atoms with van der Waals surface area (Å²) in [6.07, 6.45) is 0.755. The molecule has 0 saturated carbocycles. The number of aliphatic imine (C=N–C) groups is 1. The zero-order valence-corrected chi connectivity index (χ0v) is 23.9. The molecule has 0 fully saturated rings. The number of para-hydroxylation sites is 1. The fraction of sp³-hybridized carbons (Fsp3) is 0.0488. The molecule has 8 rings (SSSR count). The molecule has 0 saturated heterocycles. The van der Waals surface area contributed by atoms with Gasteiger partial charge in [0.05, 0.1) is 11.4 Å². The molecule has 0 aliphatic heterocycles. The highest BCUT2D eigenvalue weighted by Gasteiger charge is 2.18. The maximum absolute atomic E-state index is 6.68. The van der Waals surface area contributed by atoms with E-state index >= 15 is 0 Å². The first kappa shape index (κ1) is 25.3. The summed E-state index contributed by atoms with van der Waals surface area (Å²) in [5.41, 5.74) is 9.64. The first-order valence-corrected chi connectivity index (χ1v) is 14.8. The first-order chi connectivity index (χ1) is 21.2. The number of fused-ring (bicyclic) bond motifs is 7. The summed E-state index contributed by atoms with van der Waals surface area (Å²) in [6.45, 7) is 2.11. The third kappa shape index (κ3) is 4.49. The molecule has 0 amide bonds. The number of nitrogens with zero attached hydrogens (tertiary/aromatic N) is 1. The average molecular weight is 552 g/mol. The Balaban J connectivity index is 1.30. The largest absolute Gasteiger partial charge is 0.455 e. The maximum atomic E-state index is 6.68. The fourth-order valence-electron chi connectivity index (χ4n) is 6.27. The summed E-state index contributed by atoms with van der Waals surface area (Å²) in [4.78, 5) is 5.17. The molecule has 0 bridgehead atoms. The summed E-state index contributed by atoms with van der Waals surface area (Å²) >= 11 is 0. The van der Waals surface area contributed by atoms with Gasteiger partial charge in [-0.3, -0.25) is 4.99 Å². The smallest absolute Gasteiger partial charge is 0.143 e. The van der Waals surface area contributed by atoms with Crippen LogP contribution in [-0.2, 0) is 6.42 Å². The molecular formula is C41H29NO. The average Bonchev–Trinajstić information content (AvgIpc) is 3.46. The van der Waals surface area contributed by atoms with E-state index in [2.05, 4.69) is 153 Å². The summed E-state index contributed by atoms with van der Waals surface area (Å²) in [6, 6.07) is 51.4. The quantitative estimate of drug-likeness (QED) is 0.195. The molecular weight excluding hydrogens is 522 g/mol. The Hall–Kier alpha value is -5.47. The van der Waals surface area contributed by atoms with Crippen LogP contribution >= 0.6 is 0 Å². The number of aryl methyl sites for hydroxylation is 1. The lowest BCUT2D eigenvalue weighted by molar-refractivity contribution is 0.670. The predicted molar refractivity (Wildman–Crippen MR) is 182 cm³/mol. The van der Waals surface area contributed by atoms with E-state index in [1.54, 1.807) is 0 Å². The van der Waals surface area contributed by atoms with Crippen LogP contribution in [0.5, 0.6) is 0 Å². The van der Waals surface area contributed by atoms with Gasteiger partial charge in [0, 0.05) is 22.8 Å². The molecule has 0 radical (unpaired) electrons. The van der Waals surface area contributed by atoms with E-state index in [0.717, 1.165) is 45.7 Å². The van der Waals surface area contributed by atoms with Crippen LogP contribution in [0.15, 0.2) is 155 Å². The zero-order valence-electron chi connectivity index (χ0n) is 23.9. The topological polar surface area (TPSA) is 25.5 Å². The van der Waals surface area contributed by atoms with Gasteiger partial charge in [-0.05, 0) is 68.9 Å². The van der Waals surface area contributed by atoms with Gasteiger partial charge in [0.1, 0.15) is 11.2 Å². The van der Waals surface area contributed by atoms with E-state index in [0.29, 0.717) is 0 Å². The fourth-order valence-corrected chi connectivity index (χ4v) is 6.27. The Morgan fingerprint density at radius 3 is 2.07 bits per heavy atom. The van der Waals surface area contributed by atoms with Crippen LogP contribution in [0.2, 0.25) is 0 Å². The van der Waals surface area contributed by atoms with Crippen molar-refractivity contribution in [2.45, 2.75) is 13.3 Å². The summed E-state index contributed by atoms with van der Waals surface area (Å²) in [5.74, 6) is 0. The summed E-state index contributed by atoms with van der Waals surface area (Å²) in [7, 11) is 0. The minimum Gasteiger partial charge on any atom is -0.455 e. The highest BCUT2D eigenvalue weighted by atomic mass is 16.3. The van der Waals surface area contributed by atoms with Gasteiger partial charge in [0.15, 0.2) is 0 Å². The van der Waals surface area contributed by atoms with E-state index in [4.69, 9.17) is 9.41 Å². The number of hydrogen-bond donors (Lipinski definition) is 0. The monoisotopic (exact) mass is 551 g/mol. The molecule has 1 heterocycles. The lowest BCUT2D eigenvalue weighted by atomic mass is 9.93. The molecule has 0 unspecified atom stereocenters. The van der Waals surface area contributed by atoms with Crippen LogP contribution < -0.4 is 0 Å². The van der Waals surface area contributed by atoms with Gasteiger partial charge in [-0.2, -0.15) is 0 Å². The second kappa shape index (κ2) is 10.4. The van der Waals surface area contributed by atoms with Crippen molar-refractivity contribution in [2.24, 2.45) is 4.99 Å². The van der Waals surface area contributed by atoms with Crippen molar-refractivity contribution in [3.05, 3.63) is 162 Å². The van der Waals surface area contributed by atoms with Gasteiger partial charge >= 0.3 is 0 Å². The van der Waals surface area contributed by atoms with Crippen molar-refractivity contribution in [2.75, 3.05) is 0 Å². The molecule has 0 aliphatic rings. The first-order valence-electron chi connectivity index (χ1n) is 14.8.